The number of hydrogen-bond acceptors (Lipinski definition) is 4. The van der Waals surface area contributed by atoms with E-state index in [-0.39, 0.29) is 29.3 Å². The van der Waals surface area contributed by atoms with E-state index in [2.05, 4.69) is 5.32 Å². The molecule has 0 aromatic carbocycles. The molecule has 1 rings (SSSR count). The topological polar surface area (TPSA) is 66.5 Å². The third-order valence-electron chi connectivity index (χ3n) is 3.44. The molecule has 1 fully saturated rings. The highest BCUT2D eigenvalue weighted by atomic mass is 32.2. The Labute approximate surface area is 116 Å². The maximum atomic E-state index is 11.9. The fraction of sp³-hybridized carbons (Fsp3) is 0.923. The lowest BCUT2D eigenvalue weighted by atomic mass is 10.1. The highest BCUT2D eigenvalue weighted by Gasteiger charge is 2.37. The largest absolute Gasteiger partial charge is 0.350 e. The van der Waals surface area contributed by atoms with Gasteiger partial charge in [-0.15, -0.1) is 0 Å². The van der Waals surface area contributed by atoms with E-state index >= 15 is 0 Å². The molecule has 6 heteroatoms. The van der Waals surface area contributed by atoms with Crippen LogP contribution < -0.4 is 5.32 Å². The quantitative estimate of drug-likeness (QED) is 0.831. The molecule has 2 atom stereocenters. The molecule has 1 saturated carbocycles. The average Bonchev–Trinajstić information content (AvgIpc) is 2.60. The molecule has 0 bridgehead atoms. The van der Waals surface area contributed by atoms with Gasteiger partial charge in [0.15, 0.2) is 9.84 Å². The van der Waals surface area contributed by atoms with Gasteiger partial charge in [-0.3, -0.25) is 9.69 Å². The summed E-state index contributed by atoms with van der Waals surface area (Å²) in [4.78, 5) is 13.8. The second kappa shape index (κ2) is 5.79. The Balaban J connectivity index is 2.63. The SMILES string of the molecule is CN(CC(=O)NC(C)(C)C)[C@H]1CCC[C@H]1S(C)(=O)=O. The minimum atomic E-state index is -3.04. The van der Waals surface area contributed by atoms with Crippen molar-refractivity contribution in [3.05, 3.63) is 0 Å². The van der Waals surface area contributed by atoms with E-state index in [1.165, 1.54) is 6.26 Å². The van der Waals surface area contributed by atoms with Gasteiger partial charge in [-0.1, -0.05) is 6.42 Å². The van der Waals surface area contributed by atoms with Crippen LogP contribution in [-0.2, 0) is 14.6 Å². The molecule has 0 heterocycles. The second-order valence-electron chi connectivity index (χ2n) is 6.58. The van der Waals surface area contributed by atoms with Gasteiger partial charge in [-0.2, -0.15) is 0 Å². The standard InChI is InChI=1S/C13H26N2O3S/c1-13(2,3)14-12(16)9-15(4)10-7-6-8-11(10)19(5,17)18/h10-11H,6-9H2,1-5H3,(H,14,16)/t10-,11+/m0/s1. The molecular weight excluding hydrogens is 264 g/mol. The predicted octanol–water partition coefficient (Wildman–Crippen LogP) is 0.799. The van der Waals surface area contributed by atoms with E-state index < -0.39 is 9.84 Å². The van der Waals surface area contributed by atoms with Gasteiger partial charge in [0, 0.05) is 17.8 Å². The Morgan fingerprint density at radius 1 is 1.32 bits per heavy atom. The van der Waals surface area contributed by atoms with Crippen molar-refractivity contribution in [2.24, 2.45) is 0 Å². The monoisotopic (exact) mass is 290 g/mol. The lowest BCUT2D eigenvalue weighted by Gasteiger charge is -2.29. The second-order valence-corrected chi connectivity index (χ2v) is 8.84. The van der Waals surface area contributed by atoms with Gasteiger partial charge >= 0.3 is 0 Å². The van der Waals surface area contributed by atoms with Crippen LogP contribution in [0.5, 0.6) is 0 Å². The van der Waals surface area contributed by atoms with Gasteiger partial charge in [0.2, 0.25) is 5.91 Å². The molecule has 1 N–H and O–H groups in total. The maximum absolute atomic E-state index is 11.9. The van der Waals surface area contributed by atoms with Crippen molar-refractivity contribution in [1.29, 1.82) is 0 Å². The fourth-order valence-electron chi connectivity index (χ4n) is 2.71. The number of nitrogens with one attached hydrogen (secondary N) is 1. The van der Waals surface area contributed by atoms with Gasteiger partial charge in [0.05, 0.1) is 11.8 Å². The van der Waals surface area contributed by atoms with E-state index in [9.17, 15) is 13.2 Å². The van der Waals surface area contributed by atoms with Crippen LogP contribution in [0.1, 0.15) is 40.0 Å². The van der Waals surface area contributed by atoms with Crippen LogP contribution in [0, 0.1) is 0 Å². The van der Waals surface area contributed by atoms with E-state index in [1.54, 1.807) is 0 Å². The molecule has 112 valence electrons. The van der Waals surface area contributed by atoms with Crippen molar-refractivity contribution in [3.63, 3.8) is 0 Å². The summed E-state index contributed by atoms with van der Waals surface area (Å²) >= 11 is 0. The molecule has 1 aliphatic carbocycles. The molecule has 5 nitrogen and oxygen atoms in total. The zero-order valence-electron chi connectivity index (χ0n) is 12.6. The Morgan fingerprint density at radius 2 is 1.89 bits per heavy atom. The molecular formula is C13H26N2O3S. The first kappa shape index (κ1) is 16.4. The molecule has 0 radical (unpaired) electrons. The van der Waals surface area contributed by atoms with E-state index in [1.807, 2.05) is 32.7 Å². The Morgan fingerprint density at radius 3 is 2.37 bits per heavy atom. The summed E-state index contributed by atoms with van der Waals surface area (Å²) in [5.41, 5.74) is -0.260. The Bertz CT molecular complexity index is 426. The van der Waals surface area contributed by atoms with Crippen molar-refractivity contribution >= 4 is 15.7 Å². The van der Waals surface area contributed by atoms with E-state index in [0.717, 1.165) is 12.8 Å². The number of carbonyl (C=O) groups excluding carboxylic acids is 1. The van der Waals surface area contributed by atoms with Crippen LogP contribution in [0.25, 0.3) is 0 Å². The summed E-state index contributed by atoms with van der Waals surface area (Å²) < 4.78 is 23.5. The summed E-state index contributed by atoms with van der Waals surface area (Å²) in [5, 5.41) is 2.56. The number of nitrogens with zero attached hydrogens (tertiary/aromatic N) is 1. The smallest absolute Gasteiger partial charge is 0.234 e. The lowest BCUT2D eigenvalue weighted by Crippen LogP contribution is -2.49. The van der Waals surface area contributed by atoms with Crippen molar-refractivity contribution in [3.8, 4) is 0 Å². The molecule has 0 saturated heterocycles. The molecule has 0 aromatic rings. The predicted molar refractivity (Wildman–Crippen MR) is 76.8 cm³/mol. The maximum Gasteiger partial charge on any atom is 0.234 e. The van der Waals surface area contributed by atoms with Crippen LogP contribution in [0.2, 0.25) is 0 Å². The summed E-state index contributed by atoms with van der Waals surface area (Å²) in [6.07, 6.45) is 3.75. The molecule has 0 spiro atoms. The summed E-state index contributed by atoms with van der Waals surface area (Å²) in [6.45, 7) is 6.04. The van der Waals surface area contributed by atoms with Gasteiger partial charge in [0.1, 0.15) is 0 Å². The zero-order chi connectivity index (χ0) is 14.8. The first-order chi connectivity index (χ1) is 8.50. The van der Waals surface area contributed by atoms with Crippen molar-refractivity contribution in [2.75, 3.05) is 19.8 Å². The van der Waals surface area contributed by atoms with Crippen LogP contribution in [0.3, 0.4) is 0 Å². The molecule has 0 aromatic heterocycles. The Kier molecular flexibility index (Phi) is 5.01. The third-order valence-corrected chi connectivity index (χ3v) is 5.09. The van der Waals surface area contributed by atoms with Crippen molar-refractivity contribution < 1.29 is 13.2 Å². The average molecular weight is 290 g/mol. The van der Waals surface area contributed by atoms with Gasteiger partial charge in [0.25, 0.3) is 0 Å². The van der Waals surface area contributed by atoms with Crippen LogP contribution in [0.4, 0.5) is 0 Å². The third kappa shape index (κ3) is 5.10. The van der Waals surface area contributed by atoms with Crippen molar-refractivity contribution in [1.82, 2.24) is 10.2 Å². The molecule has 19 heavy (non-hydrogen) atoms. The summed E-state index contributed by atoms with van der Waals surface area (Å²) in [6, 6.07) is -0.0410. The van der Waals surface area contributed by atoms with E-state index in [0.29, 0.717) is 6.42 Å². The number of sulfone groups is 1. The van der Waals surface area contributed by atoms with Crippen LogP contribution in [0.15, 0.2) is 0 Å². The zero-order valence-corrected chi connectivity index (χ0v) is 13.4. The van der Waals surface area contributed by atoms with Crippen molar-refractivity contribution in [2.45, 2.75) is 56.9 Å². The molecule has 1 amide bonds. The highest BCUT2D eigenvalue weighted by molar-refractivity contribution is 7.91. The normalized spacial score (nSPS) is 24.7. The summed E-state index contributed by atoms with van der Waals surface area (Å²) in [7, 11) is -1.21. The number of carbonyl (C=O) groups is 1. The van der Waals surface area contributed by atoms with Crippen LogP contribution >= 0.6 is 0 Å². The molecule has 0 aliphatic heterocycles. The number of amides is 1. The van der Waals surface area contributed by atoms with Crippen LogP contribution in [-0.4, -0.2) is 55.9 Å². The van der Waals surface area contributed by atoms with Gasteiger partial charge in [-0.05, 0) is 40.7 Å². The van der Waals surface area contributed by atoms with Gasteiger partial charge in [-0.25, -0.2) is 8.42 Å². The minimum Gasteiger partial charge on any atom is -0.350 e. The number of rotatable bonds is 4. The number of likely N-dealkylation sites (N-methyl/N-ethyl adjacent to an activating group) is 1. The fourth-order valence-corrected chi connectivity index (χ4v) is 4.22. The lowest BCUT2D eigenvalue weighted by molar-refractivity contribution is -0.123. The minimum absolute atomic E-state index is 0.0410. The first-order valence-electron chi connectivity index (χ1n) is 6.71. The Hall–Kier alpha value is -0.620. The van der Waals surface area contributed by atoms with E-state index in [4.69, 9.17) is 0 Å². The highest BCUT2D eigenvalue weighted by Crippen LogP contribution is 2.28. The van der Waals surface area contributed by atoms with Gasteiger partial charge < -0.3 is 5.32 Å². The molecule has 1 aliphatic rings. The first-order valence-corrected chi connectivity index (χ1v) is 8.66. The summed E-state index contributed by atoms with van der Waals surface area (Å²) in [5.74, 6) is -0.0610. The molecule has 0 unspecified atom stereocenters. The number of hydrogen-bond donors (Lipinski definition) is 1.